The molecule has 0 aromatic carbocycles. The normalized spacial score (nSPS) is 8.69. The highest BCUT2D eigenvalue weighted by atomic mass is 16.5. The second-order valence-corrected chi connectivity index (χ2v) is 2.56. The smallest absolute Gasteiger partial charge is 0.325 e. The molecule has 1 aromatic heterocycles. The third kappa shape index (κ3) is 5.63. The van der Waals surface area contributed by atoms with Crippen LogP contribution in [0.1, 0.15) is 13.8 Å². The molecule has 7 nitrogen and oxygen atoms in total. The van der Waals surface area contributed by atoms with Gasteiger partial charge in [-0.3, -0.25) is 14.6 Å². The van der Waals surface area contributed by atoms with Crippen LogP contribution >= 0.6 is 0 Å². The van der Waals surface area contributed by atoms with Gasteiger partial charge in [-0.05, 0) is 6.92 Å². The molecule has 0 aliphatic carbocycles. The van der Waals surface area contributed by atoms with Crippen LogP contribution in [0.4, 0.5) is 0 Å². The maximum absolute atomic E-state index is 10.8. The van der Waals surface area contributed by atoms with Gasteiger partial charge in [0, 0.05) is 6.92 Å². The van der Waals surface area contributed by atoms with E-state index in [9.17, 15) is 14.4 Å². The lowest BCUT2D eigenvalue weighted by Crippen LogP contribution is -2.22. The summed E-state index contributed by atoms with van der Waals surface area (Å²) in [6.07, 6.45) is 1.24. The van der Waals surface area contributed by atoms with E-state index in [1.807, 2.05) is 4.98 Å². The Kier molecular flexibility index (Phi) is 6.34. The topological polar surface area (TPSA) is 101 Å². The highest BCUT2D eigenvalue weighted by Gasteiger charge is 1.97. The molecule has 0 spiro atoms. The van der Waals surface area contributed by atoms with Crippen molar-refractivity contribution in [3.05, 3.63) is 27.0 Å². The third-order valence-corrected chi connectivity index (χ3v) is 1.37. The molecular weight excluding hydrogens is 216 g/mol. The third-order valence-electron chi connectivity index (χ3n) is 1.37. The number of esters is 1. The summed E-state index contributed by atoms with van der Waals surface area (Å²) in [5, 5.41) is 0. The van der Waals surface area contributed by atoms with Gasteiger partial charge in [0.25, 0.3) is 5.56 Å². The van der Waals surface area contributed by atoms with Gasteiger partial charge < -0.3 is 14.5 Å². The van der Waals surface area contributed by atoms with E-state index in [0.717, 1.165) is 0 Å². The number of carbonyl (C=O) groups is 1. The molecule has 1 rings (SSSR count). The molecular formula is C9H14N2O5. The second kappa shape index (κ2) is 7.27. The van der Waals surface area contributed by atoms with Crippen molar-refractivity contribution < 1.29 is 14.3 Å². The van der Waals surface area contributed by atoms with E-state index >= 15 is 0 Å². The minimum Gasteiger partial charge on any atom is -0.487 e. The van der Waals surface area contributed by atoms with Crippen LogP contribution < -0.4 is 16.0 Å². The fraction of sp³-hybridized carbons (Fsp3) is 0.444. The van der Waals surface area contributed by atoms with Crippen LogP contribution in [0.5, 0.6) is 5.75 Å². The van der Waals surface area contributed by atoms with Crippen molar-refractivity contribution in [1.82, 2.24) is 9.97 Å². The van der Waals surface area contributed by atoms with Crippen LogP contribution in [0.25, 0.3) is 0 Å². The number of nitrogens with one attached hydrogen (secondary N) is 2. The van der Waals surface area contributed by atoms with Crippen molar-refractivity contribution in [2.24, 2.45) is 0 Å². The van der Waals surface area contributed by atoms with E-state index in [2.05, 4.69) is 9.72 Å². The first-order valence-corrected chi connectivity index (χ1v) is 4.50. The van der Waals surface area contributed by atoms with Crippen molar-refractivity contribution in [3.8, 4) is 5.75 Å². The summed E-state index contributed by atoms with van der Waals surface area (Å²) in [5.41, 5.74) is -1.03. The monoisotopic (exact) mass is 230 g/mol. The zero-order valence-electron chi connectivity index (χ0n) is 9.33. The number of H-pyrrole nitrogens is 2. The number of methoxy groups -OCH3 is 1. The largest absolute Gasteiger partial charge is 0.487 e. The number of aromatic amines is 2. The van der Waals surface area contributed by atoms with Gasteiger partial charge in [0.05, 0.1) is 19.9 Å². The molecule has 0 unspecified atom stereocenters. The summed E-state index contributed by atoms with van der Waals surface area (Å²) >= 11 is 0. The van der Waals surface area contributed by atoms with Gasteiger partial charge in [-0.15, -0.1) is 0 Å². The fourth-order valence-corrected chi connectivity index (χ4v) is 0.660. The average molecular weight is 230 g/mol. The number of hydrogen-bond donors (Lipinski definition) is 2. The molecule has 16 heavy (non-hydrogen) atoms. The summed E-state index contributed by atoms with van der Waals surface area (Å²) < 4.78 is 8.99. The SMILES string of the molecule is CCOc1c[nH]c(=O)[nH]c1=O.COC(C)=O. The van der Waals surface area contributed by atoms with Crippen molar-refractivity contribution in [2.75, 3.05) is 13.7 Å². The molecule has 0 amide bonds. The number of ether oxygens (including phenoxy) is 2. The molecule has 0 saturated carbocycles. The molecule has 0 aliphatic rings. The van der Waals surface area contributed by atoms with Crippen LogP contribution in [-0.4, -0.2) is 29.7 Å². The minimum absolute atomic E-state index is 0.132. The molecule has 1 aromatic rings. The Balaban J connectivity index is 0.000000385. The molecule has 0 atom stereocenters. The number of hydrogen-bond acceptors (Lipinski definition) is 5. The standard InChI is InChI=1S/C6H8N2O3.C3H6O2/c1-2-11-4-3-7-6(10)8-5(4)9;1-3(4)5-2/h3H,2H2,1H3,(H2,7,8,9,10);1-2H3. The van der Waals surface area contributed by atoms with E-state index in [1.165, 1.54) is 20.2 Å². The quantitative estimate of drug-likeness (QED) is 0.675. The Bertz CT molecular complexity index is 434. The van der Waals surface area contributed by atoms with E-state index in [4.69, 9.17) is 4.74 Å². The van der Waals surface area contributed by atoms with Gasteiger partial charge >= 0.3 is 11.7 Å². The highest BCUT2D eigenvalue weighted by molar-refractivity contribution is 5.65. The fourth-order valence-electron chi connectivity index (χ4n) is 0.660. The van der Waals surface area contributed by atoms with E-state index < -0.39 is 11.2 Å². The van der Waals surface area contributed by atoms with Crippen molar-refractivity contribution >= 4 is 5.97 Å². The summed E-state index contributed by atoms with van der Waals surface area (Å²) in [6.45, 7) is 3.51. The molecule has 0 radical (unpaired) electrons. The van der Waals surface area contributed by atoms with E-state index in [-0.39, 0.29) is 11.7 Å². The number of rotatable bonds is 2. The lowest BCUT2D eigenvalue weighted by molar-refractivity contribution is -0.137. The van der Waals surface area contributed by atoms with Gasteiger partial charge in [-0.1, -0.05) is 0 Å². The van der Waals surface area contributed by atoms with E-state index in [0.29, 0.717) is 6.61 Å². The van der Waals surface area contributed by atoms with Crippen LogP contribution in [0.2, 0.25) is 0 Å². The van der Waals surface area contributed by atoms with Crippen LogP contribution in [0.3, 0.4) is 0 Å². The zero-order chi connectivity index (χ0) is 12.6. The first kappa shape index (κ1) is 13.9. The molecule has 90 valence electrons. The molecule has 7 heteroatoms. The van der Waals surface area contributed by atoms with Crippen molar-refractivity contribution in [3.63, 3.8) is 0 Å². The van der Waals surface area contributed by atoms with Crippen LogP contribution in [0, 0.1) is 0 Å². The lowest BCUT2D eigenvalue weighted by atomic mass is 10.6. The Morgan fingerprint density at radius 3 is 2.38 bits per heavy atom. The molecule has 0 fully saturated rings. The van der Waals surface area contributed by atoms with Crippen molar-refractivity contribution in [1.29, 1.82) is 0 Å². The zero-order valence-corrected chi connectivity index (χ0v) is 9.33. The predicted octanol–water partition coefficient (Wildman–Crippen LogP) is -0.359. The second-order valence-electron chi connectivity index (χ2n) is 2.56. The Morgan fingerprint density at radius 1 is 1.44 bits per heavy atom. The first-order valence-electron chi connectivity index (χ1n) is 4.50. The van der Waals surface area contributed by atoms with Gasteiger partial charge in [-0.25, -0.2) is 4.79 Å². The molecule has 0 saturated heterocycles. The van der Waals surface area contributed by atoms with Gasteiger partial charge in [0.1, 0.15) is 0 Å². The average Bonchev–Trinajstić information content (AvgIpc) is 2.23. The summed E-state index contributed by atoms with van der Waals surface area (Å²) in [6, 6.07) is 0. The predicted molar refractivity (Wildman–Crippen MR) is 56.5 cm³/mol. The highest BCUT2D eigenvalue weighted by Crippen LogP contribution is 1.93. The minimum atomic E-state index is -0.529. The lowest BCUT2D eigenvalue weighted by Gasteiger charge is -1.97. The molecule has 2 N–H and O–H groups in total. The summed E-state index contributed by atoms with van der Waals surface area (Å²) in [5.74, 6) is -0.114. The van der Waals surface area contributed by atoms with Gasteiger partial charge in [-0.2, -0.15) is 0 Å². The van der Waals surface area contributed by atoms with Crippen LogP contribution in [-0.2, 0) is 9.53 Å². The number of carbonyl (C=O) groups excluding carboxylic acids is 1. The Morgan fingerprint density at radius 2 is 2.00 bits per heavy atom. The Hall–Kier alpha value is -2.05. The summed E-state index contributed by atoms with van der Waals surface area (Å²) in [7, 11) is 1.35. The van der Waals surface area contributed by atoms with Crippen molar-refractivity contribution in [2.45, 2.75) is 13.8 Å². The number of aromatic nitrogens is 2. The van der Waals surface area contributed by atoms with Crippen LogP contribution in [0.15, 0.2) is 15.8 Å². The first-order chi connectivity index (χ1) is 7.51. The summed E-state index contributed by atoms with van der Waals surface area (Å²) in [4.78, 5) is 35.2. The molecule has 0 bridgehead atoms. The Labute approximate surface area is 91.4 Å². The van der Waals surface area contributed by atoms with Gasteiger partial charge in [0.2, 0.25) is 5.75 Å². The molecule has 1 heterocycles. The van der Waals surface area contributed by atoms with Gasteiger partial charge in [0.15, 0.2) is 0 Å². The molecule has 0 aliphatic heterocycles. The maximum atomic E-state index is 10.8. The van der Waals surface area contributed by atoms with E-state index in [1.54, 1.807) is 6.92 Å². The maximum Gasteiger partial charge on any atom is 0.325 e.